The van der Waals surface area contributed by atoms with Crippen LogP contribution in [0.15, 0.2) is 23.1 Å². The Hall–Kier alpha value is -0.990. The van der Waals surface area contributed by atoms with Crippen LogP contribution in [-0.4, -0.2) is 22.6 Å². The largest absolute Gasteiger partial charge is 0.253 e. The molecule has 0 aliphatic heterocycles. The quantitative estimate of drug-likeness (QED) is 0.807. The second-order valence-electron chi connectivity index (χ2n) is 6.83. The minimum Gasteiger partial charge on any atom is -0.211 e. The van der Waals surface area contributed by atoms with Gasteiger partial charge in [-0.15, -0.1) is 4.13 Å². The van der Waals surface area contributed by atoms with E-state index in [0.29, 0.717) is 12.3 Å². The molecular weight excluding hydrogens is 341 g/mol. The van der Waals surface area contributed by atoms with Crippen LogP contribution in [0.1, 0.15) is 38.7 Å². The van der Waals surface area contributed by atoms with Crippen LogP contribution < -0.4 is 4.13 Å². The van der Waals surface area contributed by atoms with E-state index in [9.17, 15) is 21.2 Å². The maximum Gasteiger partial charge on any atom is 0.253 e. The fourth-order valence-corrected chi connectivity index (χ4v) is 6.17. The Morgan fingerprint density at radius 1 is 1.22 bits per heavy atom. The maximum absolute atomic E-state index is 13.3. The predicted molar refractivity (Wildman–Crippen MR) is 86.4 cm³/mol. The van der Waals surface area contributed by atoms with E-state index >= 15 is 0 Å². The van der Waals surface area contributed by atoms with Gasteiger partial charge in [-0.25, -0.2) is 21.2 Å². The maximum atomic E-state index is 13.3. The van der Waals surface area contributed by atoms with E-state index in [1.54, 1.807) is 4.13 Å². The van der Waals surface area contributed by atoms with E-state index in [2.05, 4.69) is 0 Å². The van der Waals surface area contributed by atoms with E-state index in [1.807, 2.05) is 13.8 Å². The molecule has 0 atom stereocenters. The van der Waals surface area contributed by atoms with Crippen molar-refractivity contribution in [2.24, 2.45) is 11.3 Å². The van der Waals surface area contributed by atoms with Crippen LogP contribution >= 0.6 is 0 Å². The molecule has 1 aliphatic rings. The molecule has 1 fully saturated rings. The zero-order valence-electron chi connectivity index (χ0n) is 13.5. The Labute approximate surface area is 137 Å². The molecule has 0 spiro atoms. The summed E-state index contributed by atoms with van der Waals surface area (Å²) in [5.41, 5.74) is 0.153. The highest BCUT2D eigenvalue weighted by molar-refractivity contribution is 8.04. The molecular formula is C15H22FNO4S2. The molecule has 1 N–H and O–H groups in total. The monoisotopic (exact) mass is 363 g/mol. The second kappa shape index (κ2) is 6.14. The van der Waals surface area contributed by atoms with E-state index in [4.69, 9.17) is 0 Å². The first-order valence-corrected chi connectivity index (χ1v) is 10.6. The highest BCUT2D eigenvalue weighted by Crippen LogP contribution is 2.47. The third-order valence-corrected chi connectivity index (χ3v) is 8.03. The minimum atomic E-state index is -4.32. The van der Waals surface area contributed by atoms with Crippen molar-refractivity contribution < 1.29 is 21.2 Å². The number of sulfonamides is 2. The van der Waals surface area contributed by atoms with Gasteiger partial charge in [-0.1, -0.05) is 19.9 Å². The number of rotatable bonds is 7. The zero-order chi connectivity index (χ0) is 17.5. The number of nitrogens with one attached hydrogen (secondary N) is 1. The molecule has 23 heavy (non-hydrogen) atoms. The summed E-state index contributed by atoms with van der Waals surface area (Å²) in [4.78, 5) is -0.359. The van der Waals surface area contributed by atoms with Crippen LogP contribution in [0.4, 0.5) is 4.39 Å². The van der Waals surface area contributed by atoms with Crippen LogP contribution in [0.5, 0.6) is 0 Å². The second-order valence-corrected chi connectivity index (χ2v) is 10.6. The van der Waals surface area contributed by atoms with Crippen LogP contribution in [0.25, 0.3) is 0 Å². The Morgan fingerprint density at radius 2 is 1.83 bits per heavy atom. The molecule has 8 heteroatoms. The summed E-state index contributed by atoms with van der Waals surface area (Å²) in [7, 11) is -8.34. The molecule has 0 heterocycles. The highest BCUT2D eigenvalue weighted by Gasteiger charge is 2.38. The summed E-state index contributed by atoms with van der Waals surface area (Å²) < 4.78 is 63.7. The molecule has 5 nitrogen and oxygen atoms in total. The van der Waals surface area contributed by atoms with Crippen LogP contribution in [0.2, 0.25) is 0 Å². The van der Waals surface area contributed by atoms with Crippen LogP contribution in [0.3, 0.4) is 0 Å². The number of benzene rings is 1. The van der Waals surface area contributed by atoms with Crippen LogP contribution in [0, 0.1) is 24.1 Å². The number of halogens is 1. The molecule has 1 saturated carbocycles. The van der Waals surface area contributed by atoms with Crippen molar-refractivity contribution in [3.63, 3.8) is 0 Å². The summed E-state index contributed by atoms with van der Waals surface area (Å²) in [6, 6.07) is 3.25. The van der Waals surface area contributed by atoms with Crippen molar-refractivity contribution in [3.8, 4) is 0 Å². The smallest absolute Gasteiger partial charge is 0.211 e. The highest BCUT2D eigenvalue weighted by atomic mass is 32.3. The van der Waals surface area contributed by atoms with Crippen molar-refractivity contribution in [3.05, 3.63) is 29.6 Å². The molecule has 1 aromatic carbocycles. The molecule has 0 saturated heterocycles. The van der Waals surface area contributed by atoms with Gasteiger partial charge in [0.2, 0.25) is 10.0 Å². The Kier molecular flexibility index (Phi) is 4.90. The van der Waals surface area contributed by atoms with Crippen molar-refractivity contribution >= 4 is 20.0 Å². The van der Waals surface area contributed by atoms with Gasteiger partial charge in [-0.3, -0.25) is 0 Å². The van der Waals surface area contributed by atoms with Gasteiger partial charge in [0, 0.05) is 0 Å². The molecule has 1 aliphatic carbocycles. The van der Waals surface area contributed by atoms with Crippen LogP contribution in [-0.2, 0) is 20.0 Å². The molecule has 0 unspecified atom stereocenters. The third-order valence-electron chi connectivity index (χ3n) is 4.37. The fourth-order valence-electron chi connectivity index (χ4n) is 2.58. The summed E-state index contributed by atoms with van der Waals surface area (Å²) in [5.74, 6) is -0.507. The number of hydrogen-bond acceptors (Lipinski definition) is 4. The fraction of sp³-hybridized carbons (Fsp3) is 0.600. The van der Waals surface area contributed by atoms with Gasteiger partial charge >= 0.3 is 0 Å². The lowest BCUT2D eigenvalue weighted by molar-refractivity contribution is 0.298. The molecule has 0 bridgehead atoms. The van der Waals surface area contributed by atoms with E-state index < -0.39 is 25.9 Å². The standard InChI is InChI=1S/C15H22FNO4S2/c1-11-4-7-13(16)10-14(11)23(20,21)17-22(18,19)9-8-15(2,3)12-5-6-12/h4,7,10,12,17H,5-6,8-9H2,1-3H3. The summed E-state index contributed by atoms with van der Waals surface area (Å²) in [6.07, 6.45) is 2.55. The average Bonchev–Trinajstić information content (AvgIpc) is 3.23. The SMILES string of the molecule is Cc1ccc(F)cc1S(=O)(=O)NS(=O)(=O)CCC(C)(C)C1CC1. The van der Waals surface area contributed by atoms with Gasteiger partial charge in [0.05, 0.1) is 10.6 Å². The van der Waals surface area contributed by atoms with Gasteiger partial charge in [-0.2, -0.15) is 0 Å². The summed E-state index contributed by atoms with van der Waals surface area (Å²) in [6.45, 7) is 5.47. The molecule has 1 aromatic rings. The first-order valence-electron chi connectivity index (χ1n) is 7.45. The Bertz CT molecular complexity index is 797. The van der Waals surface area contributed by atoms with Crippen molar-refractivity contribution in [2.75, 3.05) is 5.75 Å². The first-order chi connectivity index (χ1) is 10.4. The van der Waals surface area contributed by atoms with Crippen molar-refractivity contribution in [2.45, 2.75) is 44.9 Å². The van der Waals surface area contributed by atoms with E-state index in [-0.39, 0.29) is 21.6 Å². The lowest BCUT2D eigenvalue weighted by Gasteiger charge is -2.24. The van der Waals surface area contributed by atoms with E-state index in [1.165, 1.54) is 13.0 Å². The number of hydrogen-bond donors (Lipinski definition) is 1. The summed E-state index contributed by atoms with van der Waals surface area (Å²) >= 11 is 0. The Balaban J connectivity index is 2.13. The zero-order valence-corrected chi connectivity index (χ0v) is 15.1. The van der Waals surface area contributed by atoms with Crippen molar-refractivity contribution in [1.82, 2.24) is 4.13 Å². The van der Waals surface area contributed by atoms with Gasteiger partial charge in [0.1, 0.15) is 5.82 Å². The molecule has 0 radical (unpaired) electrons. The Morgan fingerprint density at radius 3 is 2.39 bits per heavy atom. The normalized spacial score (nSPS) is 16.5. The topological polar surface area (TPSA) is 80.3 Å². The van der Waals surface area contributed by atoms with E-state index in [0.717, 1.165) is 25.0 Å². The molecule has 0 amide bonds. The van der Waals surface area contributed by atoms with Crippen molar-refractivity contribution in [1.29, 1.82) is 0 Å². The van der Waals surface area contributed by atoms with Gasteiger partial charge in [0.25, 0.3) is 10.0 Å². The van der Waals surface area contributed by atoms with Gasteiger partial charge in [-0.05, 0) is 55.2 Å². The van der Waals surface area contributed by atoms with Gasteiger partial charge in [0.15, 0.2) is 0 Å². The lowest BCUT2D eigenvalue weighted by atomic mass is 9.85. The molecule has 2 rings (SSSR count). The first kappa shape index (κ1) is 18.4. The summed E-state index contributed by atoms with van der Waals surface area (Å²) in [5, 5.41) is 0. The van der Waals surface area contributed by atoms with Gasteiger partial charge < -0.3 is 0 Å². The predicted octanol–water partition coefficient (Wildman–Crippen LogP) is 2.57. The lowest BCUT2D eigenvalue weighted by Crippen LogP contribution is -2.34. The average molecular weight is 363 g/mol. The third kappa shape index (κ3) is 4.74. The number of aryl methyl sites for hydroxylation is 1. The molecule has 130 valence electrons. The molecule has 0 aromatic heterocycles. The minimum absolute atomic E-state index is 0.132.